The summed E-state index contributed by atoms with van der Waals surface area (Å²) < 4.78 is 13.0. The molecule has 2 amide bonds. The van der Waals surface area contributed by atoms with E-state index in [-0.39, 0.29) is 12.1 Å². The van der Waals surface area contributed by atoms with Crippen LogP contribution in [0.15, 0.2) is 24.3 Å². The molecule has 1 atom stereocenters. The number of likely N-dealkylation sites (tertiary alicyclic amines) is 1. The smallest absolute Gasteiger partial charge is 0.326 e. The van der Waals surface area contributed by atoms with E-state index in [4.69, 9.17) is 5.11 Å². The molecule has 6 nitrogen and oxygen atoms in total. The average molecular weight is 294 g/mol. The van der Waals surface area contributed by atoms with Gasteiger partial charge < -0.3 is 15.3 Å². The maximum absolute atomic E-state index is 13.0. The predicted molar refractivity (Wildman–Crippen MR) is 71.1 cm³/mol. The number of carbonyl (C=O) groups is 3. The van der Waals surface area contributed by atoms with Gasteiger partial charge in [-0.3, -0.25) is 9.59 Å². The number of nitrogens with one attached hydrogen (secondary N) is 1. The van der Waals surface area contributed by atoms with Gasteiger partial charge in [-0.15, -0.1) is 0 Å². The van der Waals surface area contributed by atoms with Crippen LogP contribution in [0.4, 0.5) is 4.39 Å². The fourth-order valence-corrected chi connectivity index (χ4v) is 2.31. The molecular formula is C14H15FN2O4. The molecule has 0 aliphatic carbocycles. The number of rotatable bonds is 4. The van der Waals surface area contributed by atoms with E-state index in [1.54, 1.807) is 0 Å². The molecule has 1 aliphatic rings. The molecule has 0 aromatic heterocycles. The number of halogens is 1. The SMILES string of the molecule is O=C(NCC(=O)N1CCC[C@@H]1C(=O)O)c1cccc(F)c1. The van der Waals surface area contributed by atoms with E-state index in [1.807, 2.05) is 0 Å². The van der Waals surface area contributed by atoms with Gasteiger partial charge in [-0.05, 0) is 31.0 Å². The van der Waals surface area contributed by atoms with Crippen LogP contribution in [0.2, 0.25) is 0 Å². The highest BCUT2D eigenvalue weighted by Crippen LogP contribution is 2.17. The summed E-state index contributed by atoms with van der Waals surface area (Å²) >= 11 is 0. The number of benzene rings is 1. The summed E-state index contributed by atoms with van der Waals surface area (Å²) in [6, 6.07) is 4.27. The van der Waals surface area contributed by atoms with E-state index in [9.17, 15) is 18.8 Å². The third-order valence-electron chi connectivity index (χ3n) is 3.35. The van der Waals surface area contributed by atoms with Gasteiger partial charge in [0, 0.05) is 12.1 Å². The summed E-state index contributed by atoms with van der Waals surface area (Å²) in [5, 5.41) is 11.4. The molecular weight excluding hydrogens is 279 g/mol. The summed E-state index contributed by atoms with van der Waals surface area (Å²) in [6.45, 7) is 0.0603. The van der Waals surface area contributed by atoms with Gasteiger partial charge in [-0.25, -0.2) is 9.18 Å². The van der Waals surface area contributed by atoms with E-state index in [1.165, 1.54) is 23.1 Å². The molecule has 0 unspecified atom stereocenters. The summed E-state index contributed by atoms with van der Waals surface area (Å²) in [5.41, 5.74) is 0.110. The van der Waals surface area contributed by atoms with Crippen LogP contribution in [0, 0.1) is 5.82 Å². The topological polar surface area (TPSA) is 86.7 Å². The lowest BCUT2D eigenvalue weighted by atomic mass is 10.2. The normalized spacial score (nSPS) is 17.6. The number of hydrogen-bond donors (Lipinski definition) is 2. The Morgan fingerprint density at radius 2 is 2.14 bits per heavy atom. The third kappa shape index (κ3) is 3.56. The zero-order valence-electron chi connectivity index (χ0n) is 11.2. The Kier molecular flexibility index (Phi) is 4.52. The largest absolute Gasteiger partial charge is 0.480 e. The molecule has 1 aliphatic heterocycles. The zero-order chi connectivity index (χ0) is 15.4. The van der Waals surface area contributed by atoms with Crippen molar-refractivity contribution in [2.24, 2.45) is 0 Å². The monoisotopic (exact) mass is 294 g/mol. The Morgan fingerprint density at radius 3 is 2.81 bits per heavy atom. The van der Waals surface area contributed by atoms with E-state index in [0.717, 1.165) is 6.07 Å². The third-order valence-corrected chi connectivity index (χ3v) is 3.35. The van der Waals surface area contributed by atoms with Crippen molar-refractivity contribution < 1.29 is 23.9 Å². The van der Waals surface area contributed by atoms with Crippen LogP contribution >= 0.6 is 0 Å². The molecule has 0 saturated carbocycles. The Bertz CT molecular complexity index is 576. The number of nitrogens with zero attached hydrogens (tertiary/aromatic N) is 1. The van der Waals surface area contributed by atoms with Crippen molar-refractivity contribution in [2.75, 3.05) is 13.1 Å². The quantitative estimate of drug-likeness (QED) is 0.853. The van der Waals surface area contributed by atoms with Gasteiger partial charge in [-0.2, -0.15) is 0 Å². The van der Waals surface area contributed by atoms with Gasteiger partial charge in [0.1, 0.15) is 11.9 Å². The molecule has 7 heteroatoms. The highest BCUT2D eigenvalue weighted by Gasteiger charge is 2.33. The molecule has 2 N–H and O–H groups in total. The molecule has 1 heterocycles. The molecule has 1 aromatic rings. The van der Waals surface area contributed by atoms with Crippen LogP contribution in [-0.4, -0.2) is 46.9 Å². The molecule has 1 fully saturated rings. The van der Waals surface area contributed by atoms with Crippen LogP contribution in [0.3, 0.4) is 0 Å². The van der Waals surface area contributed by atoms with Gasteiger partial charge >= 0.3 is 5.97 Å². The molecule has 2 rings (SSSR count). The first-order chi connectivity index (χ1) is 9.99. The van der Waals surface area contributed by atoms with Gasteiger partial charge in [0.25, 0.3) is 5.91 Å². The molecule has 1 saturated heterocycles. The number of hydrogen-bond acceptors (Lipinski definition) is 3. The molecule has 0 bridgehead atoms. The van der Waals surface area contributed by atoms with Crippen molar-refractivity contribution in [3.05, 3.63) is 35.6 Å². The van der Waals surface area contributed by atoms with Crippen molar-refractivity contribution in [1.82, 2.24) is 10.2 Å². The number of carbonyl (C=O) groups excluding carboxylic acids is 2. The summed E-state index contributed by atoms with van der Waals surface area (Å²) in [5.74, 6) is -2.62. The van der Waals surface area contributed by atoms with Crippen molar-refractivity contribution in [3.63, 3.8) is 0 Å². The Morgan fingerprint density at radius 1 is 1.38 bits per heavy atom. The lowest BCUT2D eigenvalue weighted by Crippen LogP contribution is -2.45. The van der Waals surface area contributed by atoms with Crippen LogP contribution in [0.1, 0.15) is 23.2 Å². The molecule has 0 spiro atoms. The number of aliphatic carboxylic acids is 1. The van der Waals surface area contributed by atoms with Crippen LogP contribution in [0.25, 0.3) is 0 Å². The number of carboxylic acid groups (broad SMARTS) is 1. The fourth-order valence-electron chi connectivity index (χ4n) is 2.31. The Hall–Kier alpha value is -2.44. The van der Waals surface area contributed by atoms with Crippen LogP contribution in [-0.2, 0) is 9.59 Å². The molecule has 0 radical (unpaired) electrons. The second kappa shape index (κ2) is 6.34. The molecule has 21 heavy (non-hydrogen) atoms. The minimum absolute atomic E-state index is 0.110. The lowest BCUT2D eigenvalue weighted by molar-refractivity contribution is -0.147. The van der Waals surface area contributed by atoms with Crippen molar-refractivity contribution in [3.8, 4) is 0 Å². The number of amides is 2. The van der Waals surface area contributed by atoms with Gasteiger partial charge in [-0.1, -0.05) is 6.07 Å². The Balaban J connectivity index is 1.92. The molecule has 112 valence electrons. The van der Waals surface area contributed by atoms with Crippen molar-refractivity contribution >= 4 is 17.8 Å². The lowest BCUT2D eigenvalue weighted by Gasteiger charge is -2.21. The first kappa shape index (κ1) is 15.0. The van der Waals surface area contributed by atoms with E-state index < -0.39 is 29.6 Å². The number of carboxylic acids is 1. The van der Waals surface area contributed by atoms with Gasteiger partial charge in [0.2, 0.25) is 5.91 Å². The first-order valence-corrected chi connectivity index (χ1v) is 6.55. The first-order valence-electron chi connectivity index (χ1n) is 6.55. The maximum atomic E-state index is 13.0. The second-order valence-corrected chi connectivity index (χ2v) is 4.78. The van der Waals surface area contributed by atoms with Crippen LogP contribution in [0.5, 0.6) is 0 Å². The highest BCUT2D eigenvalue weighted by molar-refractivity contribution is 5.96. The standard InChI is InChI=1S/C14H15FN2O4/c15-10-4-1-3-9(7-10)13(19)16-8-12(18)17-6-2-5-11(17)14(20)21/h1,3-4,7,11H,2,5-6,8H2,(H,16,19)(H,20,21)/t11-/m1/s1. The van der Waals surface area contributed by atoms with Crippen LogP contribution < -0.4 is 5.32 Å². The van der Waals surface area contributed by atoms with Crippen molar-refractivity contribution in [1.29, 1.82) is 0 Å². The van der Waals surface area contributed by atoms with Crippen molar-refractivity contribution in [2.45, 2.75) is 18.9 Å². The molecule has 1 aromatic carbocycles. The summed E-state index contributed by atoms with van der Waals surface area (Å²) in [7, 11) is 0. The summed E-state index contributed by atoms with van der Waals surface area (Å²) in [6.07, 6.45) is 1.04. The second-order valence-electron chi connectivity index (χ2n) is 4.78. The van der Waals surface area contributed by atoms with E-state index in [0.29, 0.717) is 19.4 Å². The van der Waals surface area contributed by atoms with Gasteiger partial charge in [0.05, 0.1) is 6.54 Å². The average Bonchev–Trinajstić information content (AvgIpc) is 2.94. The zero-order valence-corrected chi connectivity index (χ0v) is 11.2. The highest BCUT2D eigenvalue weighted by atomic mass is 19.1. The Labute approximate surface area is 120 Å². The van der Waals surface area contributed by atoms with E-state index in [2.05, 4.69) is 5.32 Å². The minimum Gasteiger partial charge on any atom is -0.480 e. The minimum atomic E-state index is -1.04. The van der Waals surface area contributed by atoms with Gasteiger partial charge in [0.15, 0.2) is 0 Å². The fraction of sp³-hybridized carbons (Fsp3) is 0.357. The summed E-state index contributed by atoms with van der Waals surface area (Å²) in [4.78, 5) is 35.9. The van der Waals surface area contributed by atoms with E-state index >= 15 is 0 Å². The maximum Gasteiger partial charge on any atom is 0.326 e. The predicted octanol–water partition coefficient (Wildman–Crippen LogP) is 0.631.